The molecule has 0 aromatic heterocycles. The average molecular weight is 807 g/mol. The number of anilines is 2. The molecule has 3 aromatic rings. The Balaban J connectivity index is 0.979. The number of ether oxygens (including phenoxy) is 1. The Morgan fingerprint density at radius 3 is 2.22 bits per heavy atom. The number of hydrogen-bond donors (Lipinski definition) is 2. The highest BCUT2D eigenvalue weighted by atomic mass is 19.4. The molecular weight excluding hydrogens is 756 g/mol. The van der Waals surface area contributed by atoms with Crippen LogP contribution in [0.15, 0.2) is 66.7 Å². The van der Waals surface area contributed by atoms with E-state index in [1.807, 2.05) is 24.3 Å². The molecule has 1 spiro atoms. The molecule has 10 nitrogen and oxygen atoms in total. The first-order chi connectivity index (χ1) is 27.5. The molecule has 6 rings (SSSR count). The first kappa shape index (κ1) is 42.3. The number of halogens is 4. The van der Waals surface area contributed by atoms with E-state index >= 15 is 0 Å². The Hall–Kier alpha value is -5.27. The summed E-state index contributed by atoms with van der Waals surface area (Å²) in [5.74, 6) is -0.395. The largest absolute Gasteiger partial charge is 0.427 e. The van der Waals surface area contributed by atoms with Gasteiger partial charge >= 0.3 is 12.3 Å². The molecule has 1 saturated carbocycles. The van der Waals surface area contributed by atoms with Gasteiger partial charge in [0.05, 0.1) is 0 Å². The molecule has 2 N–H and O–H groups in total. The zero-order valence-corrected chi connectivity index (χ0v) is 33.0. The third-order valence-corrected chi connectivity index (χ3v) is 12.1. The van der Waals surface area contributed by atoms with Crippen LogP contribution in [-0.4, -0.2) is 58.3 Å². The van der Waals surface area contributed by atoms with Gasteiger partial charge < -0.3 is 20.3 Å². The maximum absolute atomic E-state index is 13.8. The average Bonchev–Trinajstić information content (AvgIpc) is 3.66. The van der Waals surface area contributed by atoms with E-state index in [2.05, 4.69) is 24.5 Å². The predicted octanol–water partition coefficient (Wildman–Crippen LogP) is 8.68. The van der Waals surface area contributed by atoms with Gasteiger partial charge in [0.15, 0.2) is 0 Å². The lowest BCUT2D eigenvalue weighted by atomic mass is 9.65. The molecule has 2 aliphatic carbocycles. The van der Waals surface area contributed by atoms with Crippen LogP contribution in [0.4, 0.5) is 33.7 Å². The lowest BCUT2D eigenvalue weighted by Crippen LogP contribution is -2.51. The van der Waals surface area contributed by atoms with Gasteiger partial charge in [-0.05, 0) is 103 Å². The van der Waals surface area contributed by atoms with Gasteiger partial charge in [0.2, 0.25) is 23.3 Å². The summed E-state index contributed by atoms with van der Waals surface area (Å²) in [6.45, 7) is 3.91. The van der Waals surface area contributed by atoms with Crippen molar-refractivity contribution in [2.45, 2.75) is 109 Å². The standard InChI is InChI=1S/C44H50F4N4O6/c1-27-23-32(28(27)2)7-5-4-6-8-38(53)49-35-16-11-30(12-17-35)13-20-39(54)50-36-18-19-37-33(24-36)21-22-43(37)41(56)52(42(57)58-43)26-40(55)51(29(3)44(46,47)48)25-31-9-14-34(45)15-10-31/h9-12,14-19,24,27-29,32H,4-8,13,20-23,25-26H2,1-3H3,(H,49,53)(H,50,54)/t27?,28?,29-,32?,43+/m0/s1. The minimum Gasteiger partial charge on any atom is -0.427 e. The summed E-state index contributed by atoms with van der Waals surface area (Å²) in [7, 11) is 0. The number of hydrogen-bond acceptors (Lipinski definition) is 6. The number of rotatable bonds is 16. The normalized spacial score (nSPS) is 21.6. The third kappa shape index (κ3) is 9.70. The monoisotopic (exact) mass is 806 g/mol. The molecule has 3 unspecified atom stereocenters. The number of fused-ring (bicyclic) bond motifs is 2. The molecule has 3 aromatic carbocycles. The van der Waals surface area contributed by atoms with Crippen molar-refractivity contribution in [2.75, 3.05) is 17.2 Å². The fourth-order valence-corrected chi connectivity index (χ4v) is 8.25. The summed E-state index contributed by atoms with van der Waals surface area (Å²) in [6.07, 6.45) is 1.13. The third-order valence-electron chi connectivity index (χ3n) is 12.1. The summed E-state index contributed by atoms with van der Waals surface area (Å²) in [4.78, 5) is 66.4. The van der Waals surface area contributed by atoms with Crippen molar-refractivity contribution < 1.29 is 46.3 Å². The van der Waals surface area contributed by atoms with Crippen LogP contribution in [-0.2, 0) is 48.9 Å². The minimum absolute atomic E-state index is 0.0123. The van der Waals surface area contributed by atoms with Crippen molar-refractivity contribution >= 4 is 41.1 Å². The van der Waals surface area contributed by atoms with Crippen LogP contribution in [0, 0.1) is 23.6 Å². The van der Waals surface area contributed by atoms with Gasteiger partial charge in [-0.2, -0.15) is 13.2 Å². The first-order valence-electron chi connectivity index (χ1n) is 20.0. The smallest absolute Gasteiger partial charge is 0.418 e. The molecular formula is C44H50F4N4O6. The van der Waals surface area contributed by atoms with Crippen molar-refractivity contribution in [3.8, 4) is 0 Å². The molecule has 1 heterocycles. The van der Waals surface area contributed by atoms with E-state index in [1.54, 1.807) is 18.2 Å². The lowest BCUT2D eigenvalue weighted by Gasteiger charge is -2.41. The summed E-state index contributed by atoms with van der Waals surface area (Å²) in [5.41, 5.74) is 1.54. The Morgan fingerprint density at radius 2 is 1.55 bits per heavy atom. The van der Waals surface area contributed by atoms with E-state index < -0.39 is 54.6 Å². The molecule has 0 bridgehead atoms. The minimum atomic E-state index is -4.82. The highest BCUT2D eigenvalue weighted by molar-refractivity contribution is 6.06. The van der Waals surface area contributed by atoms with Gasteiger partial charge in [-0.25, -0.2) is 14.1 Å². The second kappa shape index (κ2) is 17.7. The predicted molar refractivity (Wildman–Crippen MR) is 209 cm³/mol. The molecule has 0 radical (unpaired) electrons. The van der Waals surface area contributed by atoms with Crippen LogP contribution in [0.2, 0.25) is 0 Å². The lowest BCUT2D eigenvalue weighted by molar-refractivity contribution is -0.187. The second-order valence-electron chi connectivity index (χ2n) is 16.0. The first-order valence-corrected chi connectivity index (χ1v) is 20.0. The molecule has 5 atom stereocenters. The number of nitrogens with zero attached hydrogens (tertiary/aromatic N) is 2. The number of benzene rings is 3. The number of carbonyl (C=O) groups is 5. The molecule has 14 heteroatoms. The van der Waals surface area contributed by atoms with Crippen molar-refractivity contribution in [2.24, 2.45) is 17.8 Å². The van der Waals surface area contributed by atoms with Crippen LogP contribution in [0.3, 0.4) is 0 Å². The van der Waals surface area contributed by atoms with Crippen LogP contribution in [0.25, 0.3) is 0 Å². The Labute approximate surface area is 335 Å². The van der Waals surface area contributed by atoms with Crippen LogP contribution >= 0.6 is 0 Å². The van der Waals surface area contributed by atoms with Crippen LogP contribution in [0.1, 0.15) is 94.4 Å². The van der Waals surface area contributed by atoms with E-state index in [0.717, 1.165) is 61.6 Å². The van der Waals surface area contributed by atoms with E-state index in [4.69, 9.17) is 4.74 Å². The topological polar surface area (TPSA) is 125 Å². The van der Waals surface area contributed by atoms with Crippen LogP contribution < -0.4 is 10.6 Å². The zero-order valence-electron chi connectivity index (χ0n) is 33.0. The van der Waals surface area contributed by atoms with Gasteiger partial charge in [0.25, 0.3) is 5.91 Å². The number of imide groups is 1. The van der Waals surface area contributed by atoms with Gasteiger partial charge in [0.1, 0.15) is 18.4 Å². The van der Waals surface area contributed by atoms with E-state index in [-0.39, 0.29) is 30.2 Å². The molecule has 5 amide bonds. The van der Waals surface area contributed by atoms with Gasteiger partial charge in [-0.1, -0.05) is 63.4 Å². The number of amides is 5. The fourth-order valence-electron chi connectivity index (χ4n) is 8.25. The van der Waals surface area contributed by atoms with Crippen molar-refractivity contribution in [3.05, 3.63) is 94.8 Å². The van der Waals surface area contributed by atoms with Crippen molar-refractivity contribution in [1.82, 2.24) is 9.80 Å². The van der Waals surface area contributed by atoms with Crippen LogP contribution in [0.5, 0.6) is 0 Å². The summed E-state index contributed by atoms with van der Waals surface area (Å²) < 4.78 is 60.4. The molecule has 310 valence electrons. The Morgan fingerprint density at radius 1 is 0.897 bits per heavy atom. The van der Waals surface area contributed by atoms with E-state index in [9.17, 15) is 41.5 Å². The maximum Gasteiger partial charge on any atom is 0.418 e. The summed E-state index contributed by atoms with van der Waals surface area (Å²) in [5, 5.41) is 5.80. The second-order valence-corrected chi connectivity index (χ2v) is 16.0. The van der Waals surface area contributed by atoms with E-state index in [1.165, 1.54) is 25.0 Å². The zero-order chi connectivity index (χ0) is 41.8. The number of carbonyl (C=O) groups excluding carboxylic acids is 5. The van der Waals surface area contributed by atoms with Gasteiger partial charge in [0, 0.05) is 42.7 Å². The number of nitrogens with one attached hydrogen (secondary N) is 2. The van der Waals surface area contributed by atoms with Crippen molar-refractivity contribution in [1.29, 1.82) is 0 Å². The maximum atomic E-state index is 13.8. The molecule has 1 aliphatic heterocycles. The molecule has 3 aliphatic rings. The SMILES string of the molecule is CC1CC(CCCCCC(=O)Nc2ccc(CCC(=O)Nc3ccc4c(c3)CC[C@@]43OC(=O)N(CC(=O)N(Cc4ccc(F)cc4)[C@@H](C)C(F)(F)F)C3=O)cc2)C1C. The highest BCUT2D eigenvalue weighted by Crippen LogP contribution is 2.46. The number of alkyl halides is 3. The number of aryl methyl sites for hydroxylation is 2. The number of unbranched alkanes of at least 4 members (excludes halogenated alkanes) is 2. The van der Waals surface area contributed by atoms with Gasteiger partial charge in [-0.3, -0.25) is 19.2 Å². The highest BCUT2D eigenvalue weighted by Gasteiger charge is 2.58. The molecule has 1 saturated heterocycles. The van der Waals surface area contributed by atoms with Crippen molar-refractivity contribution in [3.63, 3.8) is 0 Å². The Kier molecular flexibility index (Phi) is 12.9. The fraction of sp³-hybridized carbons (Fsp3) is 0.477. The summed E-state index contributed by atoms with van der Waals surface area (Å²) in [6, 6.07) is 14.5. The Bertz CT molecular complexity index is 2010. The molecule has 58 heavy (non-hydrogen) atoms. The van der Waals surface area contributed by atoms with Gasteiger partial charge in [-0.15, -0.1) is 0 Å². The quantitative estimate of drug-likeness (QED) is 0.110. The molecule has 2 fully saturated rings. The summed E-state index contributed by atoms with van der Waals surface area (Å²) >= 11 is 0. The van der Waals surface area contributed by atoms with E-state index in [0.29, 0.717) is 51.6 Å².